The minimum Gasteiger partial charge on any atom is -0.406 e. The van der Waals surface area contributed by atoms with E-state index in [-0.39, 0.29) is 12.0 Å². The minimum atomic E-state index is -4.96. The van der Waals surface area contributed by atoms with E-state index in [1.54, 1.807) is 0 Å². The molecule has 0 radical (unpaired) electrons. The van der Waals surface area contributed by atoms with E-state index >= 15 is 0 Å². The second-order valence-electron chi connectivity index (χ2n) is 3.37. The third-order valence-electron chi connectivity index (χ3n) is 2.11. The van der Waals surface area contributed by atoms with Crippen LogP contribution in [0.15, 0.2) is 18.2 Å². The molecular weight excluding hydrogens is 259 g/mol. The zero-order valence-electron chi connectivity index (χ0n) is 9.22. The molecule has 0 saturated carbocycles. The fourth-order valence-electron chi connectivity index (χ4n) is 1.36. The molecule has 18 heavy (non-hydrogen) atoms. The summed E-state index contributed by atoms with van der Waals surface area (Å²) in [4.78, 5) is 11.3. The number of benzene rings is 1. The molecule has 0 aliphatic carbocycles. The van der Waals surface area contributed by atoms with Crippen molar-refractivity contribution in [1.82, 2.24) is 0 Å². The Morgan fingerprint density at radius 3 is 2.39 bits per heavy atom. The van der Waals surface area contributed by atoms with Crippen molar-refractivity contribution in [3.63, 3.8) is 0 Å². The molecular formula is C11H9F5O2. The number of hydrogen-bond acceptors (Lipinski definition) is 2. The summed E-state index contributed by atoms with van der Waals surface area (Å²) in [7, 11) is 0. The van der Waals surface area contributed by atoms with Gasteiger partial charge in [0.15, 0.2) is 5.78 Å². The van der Waals surface area contributed by atoms with Gasteiger partial charge >= 0.3 is 6.36 Å². The Morgan fingerprint density at radius 2 is 1.94 bits per heavy atom. The second kappa shape index (κ2) is 5.32. The molecule has 0 heterocycles. The maximum atomic E-state index is 12.6. The summed E-state index contributed by atoms with van der Waals surface area (Å²) in [5, 5.41) is 0. The van der Waals surface area contributed by atoms with Crippen LogP contribution in [0.2, 0.25) is 0 Å². The van der Waals surface area contributed by atoms with E-state index in [1.807, 2.05) is 0 Å². The van der Waals surface area contributed by atoms with Gasteiger partial charge in [0.2, 0.25) is 0 Å². The molecule has 0 fully saturated rings. The van der Waals surface area contributed by atoms with Crippen LogP contribution in [0.5, 0.6) is 5.75 Å². The quantitative estimate of drug-likeness (QED) is 0.606. The number of halogens is 5. The van der Waals surface area contributed by atoms with Crippen molar-refractivity contribution in [3.05, 3.63) is 29.3 Å². The van der Waals surface area contributed by atoms with Crippen molar-refractivity contribution in [2.45, 2.75) is 26.1 Å². The lowest BCUT2D eigenvalue weighted by Gasteiger charge is -2.12. The van der Waals surface area contributed by atoms with E-state index in [4.69, 9.17) is 0 Å². The summed E-state index contributed by atoms with van der Waals surface area (Å²) in [6, 6.07) is 2.28. The predicted octanol–water partition coefficient (Wildman–Crippen LogP) is 4.12. The molecule has 1 rings (SSSR count). The van der Waals surface area contributed by atoms with E-state index in [0.717, 1.165) is 12.1 Å². The number of rotatable bonds is 4. The first kappa shape index (κ1) is 14.4. The second-order valence-corrected chi connectivity index (χ2v) is 3.37. The Hall–Kier alpha value is -1.66. The average Bonchev–Trinajstić information content (AvgIpc) is 2.25. The molecule has 0 aliphatic rings. The number of alkyl halides is 5. The standard InChI is InChI=1S/C11H9F5O2/c1-2-9(17)7-4-3-6(18-11(14,15)16)5-8(7)10(12)13/h3-5,10H,2H2,1H3. The summed E-state index contributed by atoms with van der Waals surface area (Å²) < 4.78 is 64.6. The van der Waals surface area contributed by atoms with Crippen LogP contribution in [0.4, 0.5) is 22.0 Å². The lowest BCUT2D eigenvalue weighted by Crippen LogP contribution is -2.17. The lowest BCUT2D eigenvalue weighted by molar-refractivity contribution is -0.274. The van der Waals surface area contributed by atoms with Gasteiger partial charge in [-0.2, -0.15) is 0 Å². The Bertz CT molecular complexity index is 440. The van der Waals surface area contributed by atoms with Gasteiger partial charge in [0.05, 0.1) is 0 Å². The SMILES string of the molecule is CCC(=O)c1ccc(OC(F)(F)F)cc1C(F)F. The first-order chi connectivity index (χ1) is 8.24. The number of carbonyl (C=O) groups is 1. The molecule has 1 aromatic carbocycles. The molecule has 0 aliphatic heterocycles. The maximum Gasteiger partial charge on any atom is 0.573 e. The first-order valence-corrected chi connectivity index (χ1v) is 4.95. The van der Waals surface area contributed by atoms with E-state index in [2.05, 4.69) is 4.74 Å². The molecule has 0 saturated heterocycles. The van der Waals surface area contributed by atoms with Crippen LogP contribution in [-0.4, -0.2) is 12.1 Å². The van der Waals surface area contributed by atoms with E-state index < -0.39 is 29.9 Å². The molecule has 0 spiro atoms. The van der Waals surface area contributed by atoms with Gasteiger partial charge in [-0.15, -0.1) is 13.2 Å². The molecule has 0 N–H and O–H groups in total. The Kier molecular flexibility index (Phi) is 4.26. The van der Waals surface area contributed by atoms with Gasteiger partial charge in [0.1, 0.15) is 5.75 Å². The van der Waals surface area contributed by atoms with Crippen molar-refractivity contribution in [2.75, 3.05) is 0 Å². The number of Topliss-reactive ketones (excluding diaryl/α,β-unsaturated/α-hetero) is 1. The van der Waals surface area contributed by atoms with Crippen LogP contribution in [0, 0.1) is 0 Å². The van der Waals surface area contributed by atoms with Crippen molar-refractivity contribution in [2.24, 2.45) is 0 Å². The third-order valence-corrected chi connectivity index (χ3v) is 2.11. The highest BCUT2D eigenvalue weighted by Crippen LogP contribution is 2.30. The molecule has 0 aromatic heterocycles. The number of ketones is 1. The number of carbonyl (C=O) groups excluding carboxylic acids is 1. The minimum absolute atomic E-state index is 0.0147. The van der Waals surface area contributed by atoms with E-state index in [9.17, 15) is 26.7 Å². The fourth-order valence-corrected chi connectivity index (χ4v) is 1.36. The number of ether oxygens (including phenoxy) is 1. The van der Waals surface area contributed by atoms with Crippen molar-refractivity contribution < 1.29 is 31.5 Å². The fraction of sp³-hybridized carbons (Fsp3) is 0.364. The Labute approximate surface area is 99.4 Å². The topological polar surface area (TPSA) is 26.3 Å². The lowest BCUT2D eigenvalue weighted by atomic mass is 10.0. The summed E-state index contributed by atoms with van der Waals surface area (Å²) >= 11 is 0. The molecule has 0 amide bonds. The monoisotopic (exact) mass is 268 g/mol. The summed E-state index contributed by atoms with van der Waals surface area (Å²) in [5.74, 6) is -1.34. The largest absolute Gasteiger partial charge is 0.573 e. The van der Waals surface area contributed by atoms with Gasteiger partial charge < -0.3 is 4.74 Å². The highest BCUT2D eigenvalue weighted by Gasteiger charge is 2.31. The molecule has 2 nitrogen and oxygen atoms in total. The first-order valence-electron chi connectivity index (χ1n) is 4.95. The molecule has 100 valence electrons. The van der Waals surface area contributed by atoms with Gasteiger partial charge in [-0.3, -0.25) is 4.79 Å². The average molecular weight is 268 g/mol. The number of hydrogen-bond donors (Lipinski definition) is 0. The summed E-state index contributed by atoms with van der Waals surface area (Å²) in [6.45, 7) is 1.47. The van der Waals surface area contributed by atoms with Crippen molar-refractivity contribution >= 4 is 5.78 Å². The van der Waals surface area contributed by atoms with E-state index in [1.165, 1.54) is 6.92 Å². The predicted molar refractivity (Wildman–Crippen MR) is 52.7 cm³/mol. The molecule has 0 atom stereocenters. The Balaban J connectivity index is 3.15. The summed E-state index contributed by atoms with van der Waals surface area (Å²) in [6.07, 6.45) is -8.03. The molecule has 7 heteroatoms. The smallest absolute Gasteiger partial charge is 0.406 e. The molecule has 1 aromatic rings. The van der Waals surface area contributed by atoms with Gasteiger partial charge in [-0.1, -0.05) is 6.92 Å². The van der Waals surface area contributed by atoms with Crippen LogP contribution in [0.1, 0.15) is 35.7 Å². The van der Waals surface area contributed by atoms with Gasteiger partial charge in [0.25, 0.3) is 6.43 Å². The normalized spacial score (nSPS) is 11.7. The van der Waals surface area contributed by atoms with Gasteiger partial charge in [0, 0.05) is 17.5 Å². The zero-order valence-corrected chi connectivity index (χ0v) is 9.22. The van der Waals surface area contributed by atoms with Crippen LogP contribution in [-0.2, 0) is 0 Å². The highest BCUT2D eigenvalue weighted by molar-refractivity contribution is 5.97. The third kappa shape index (κ3) is 3.68. The van der Waals surface area contributed by atoms with E-state index in [0.29, 0.717) is 6.07 Å². The highest BCUT2D eigenvalue weighted by atomic mass is 19.4. The maximum absolute atomic E-state index is 12.6. The summed E-state index contributed by atoms with van der Waals surface area (Å²) in [5.41, 5.74) is -1.05. The van der Waals surface area contributed by atoms with Crippen molar-refractivity contribution in [3.8, 4) is 5.75 Å². The van der Waals surface area contributed by atoms with Gasteiger partial charge in [-0.05, 0) is 18.2 Å². The van der Waals surface area contributed by atoms with Crippen LogP contribution in [0.25, 0.3) is 0 Å². The molecule has 0 bridgehead atoms. The molecule has 0 unspecified atom stereocenters. The van der Waals surface area contributed by atoms with Crippen LogP contribution in [0.3, 0.4) is 0 Å². The Morgan fingerprint density at radius 1 is 1.33 bits per heavy atom. The zero-order chi connectivity index (χ0) is 13.9. The van der Waals surface area contributed by atoms with Crippen molar-refractivity contribution in [1.29, 1.82) is 0 Å². The van der Waals surface area contributed by atoms with Crippen LogP contribution >= 0.6 is 0 Å². The van der Waals surface area contributed by atoms with Crippen LogP contribution < -0.4 is 4.74 Å². The van der Waals surface area contributed by atoms with Gasteiger partial charge in [-0.25, -0.2) is 8.78 Å².